The van der Waals surface area contributed by atoms with Gasteiger partial charge < -0.3 is 4.74 Å². The SMILES string of the molecule is Fc1ccc(OC2CN(Cc3cccc4ccccc34)C2)cc1F. The van der Waals surface area contributed by atoms with E-state index in [0.29, 0.717) is 5.75 Å². The van der Waals surface area contributed by atoms with Crippen LogP contribution >= 0.6 is 0 Å². The molecule has 3 aromatic carbocycles. The van der Waals surface area contributed by atoms with Crippen LogP contribution in [0.3, 0.4) is 0 Å². The van der Waals surface area contributed by atoms with Gasteiger partial charge in [0.1, 0.15) is 11.9 Å². The summed E-state index contributed by atoms with van der Waals surface area (Å²) in [6.07, 6.45) is 0.0184. The number of ether oxygens (including phenoxy) is 1. The predicted molar refractivity (Wildman–Crippen MR) is 90.0 cm³/mol. The lowest BCUT2D eigenvalue weighted by molar-refractivity contribution is 0.0146. The van der Waals surface area contributed by atoms with Crippen molar-refractivity contribution < 1.29 is 13.5 Å². The monoisotopic (exact) mass is 325 g/mol. The molecule has 1 fully saturated rings. The van der Waals surface area contributed by atoms with Crippen LogP contribution in [0.5, 0.6) is 5.75 Å². The summed E-state index contributed by atoms with van der Waals surface area (Å²) >= 11 is 0. The first kappa shape index (κ1) is 15.1. The van der Waals surface area contributed by atoms with Crippen LogP contribution in [-0.4, -0.2) is 24.1 Å². The van der Waals surface area contributed by atoms with Gasteiger partial charge in [-0.2, -0.15) is 0 Å². The van der Waals surface area contributed by atoms with E-state index < -0.39 is 11.6 Å². The Morgan fingerprint density at radius 3 is 2.54 bits per heavy atom. The molecule has 0 atom stereocenters. The average molecular weight is 325 g/mol. The molecule has 0 radical (unpaired) electrons. The van der Waals surface area contributed by atoms with E-state index in [-0.39, 0.29) is 6.10 Å². The first-order chi connectivity index (χ1) is 11.7. The molecule has 1 heterocycles. The topological polar surface area (TPSA) is 12.5 Å². The van der Waals surface area contributed by atoms with Gasteiger partial charge in [-0.25, -0.2) is 8.78 Å². The normalized spacial score (nSPS) is 15.4. The number of rotatable bonds is 4. The number of hydrogen-bond donors (Lipinski definition) is 0. The highest BCUT2D eigenvalue weighted by Crippen LogP contribution is 2.24. The second kappa shape index (κ2) is 6.21. The first-order valence-corrected chi connectivity index (χ1v) is 8.00. The molecule has 0 bridgehead atoms. The van der Waals surface area contributed by atoms with Crippen molar-refractivity contribution in [1.82, 2.24) is 4.90 Å². The van der Waals surface area contributed by atoms with Crippen LogP contribution in [0.15, 0.2) is 60.7 Å². The molecule has 4 heteroatoms. The summed E-state index contributed by atoms with van der Waals surface area (Å²) in [6, 6.07) is 18.3. The number of likely N-dealkylation sites (tertiary alicyclic amines) is 1. The molecule has 4 rings (SSSR count). The van der Waals surface area contributed by atoms with Gasteiger partial charge in [-0.1, -0.05) is 42.5 Å². The molecule has 0 saturated carbocycles. The molecule has 2 nitrogen and oxygen atoms in total. The summed E-state index contributed by atoms with van der Waals surface area (Å²) < 4.78 is 31.8. The fraction of sp³-hybridized carbons (Fsp3) is 0.200. The number of benzene rings is 3. The standard InChI is InChI=1S/C20H17F2NO/c21-19-9-8-16(10-20(19)22)24-17-12-23(13-17)11-15-6-3-5-14-4-1-2-7-18(14)15/h1-10,17H,11-13H2. The van der Waals surface area contributed by atoms with Gasteiger partial charge in [0.15, 0.2) is 11.6 Å². The Balaban J connectivity index is 1.38. The van der Waals surface area contributed by atoms with Crippen molar-refractivity contribution in [2.75, 3.05) is 13.1 Å². The van der Waals surface area contributed by atoms with Gasteiger partial charge in [-0.05, 0) is 28.5 Å². The number of nitrogens with zero attached hydrogens (tertiary/aromatic N) is 1. The third kappa shape index (κ3) is 2.97. The minimum absolute atomic E-state index is 0.0184. The van der Waals surface area contributed by atoms with E-state index in [9.17, 15) is 8.78 Å². The van der Waals surface area contributed by atoms with Crippen LogP contribution in [0.1, 0.15) is 5.56 Å². The van der Waals surface area contributed by atoms with Gasteiger partial charge in [0.25, 0.3) is 0 Å². The fourth-order valence-corrected chi connectivity index (χ4v) is 3.14. The smallest absolute Gasteiger partial charge is 0.162 e. The van der Waals surface area contributed by atoms with Crippen LogP contribution in [0.4, 0.5) is 8.78 Å². The zero-order valence-corrected chi connectivity index (χ0v) is 13.1. The van der Waals surface area contributed by atoms with E-state index >= 15 is 0 Å². The van der Waals surface area contributed by atoms with Crippen LogP contribution in [0.25, 0.3) is 10.8 Å². The Labute approximate surface area is 139 Å². The van der Waals surface area contributed by atoms with E-state index in [1.807, 2.05) is 6.07 Å². The highest BCUT2D eigenvalue weighted by molar-refractivity contribution is 5.85. The van der Waals surface area contributed by atoms with E-state index in [4.69, 9.17) is 4.74 Å². The maximum absolute atomic E-state index is 13.2. The van der Waals surface area contributed by atoms with E-state index in [1.165, 1.54) is 22.4 Å². The molecular formula is C20H17F2NO. The van der Waals surface area contributed by atoms with Crippen molar-refractivity contribution in [1.29, 1.82) is 0 Å². The molecule has 0 aliphatic carbocycles. The molecule has 24 heavy (non-hydrogen) atoms. The van der Waals surface area contributed by atoms with Gasteiger partial charge in [-0.15, -0.1) is 0 Å². The summed E-state index contributed by atoms with van der Waals surface area (Å²) in [5.74, 6) is -1.35. The molecule has 0 spiro atoms. The van der Waals surface area contributed by atoms with E-state index in [2.05, 4.69) is 41.3 Å². The predicted octanol–water partition coefficient (Wildman–Crippen LogP) is 4.38. The van der Waals surface area contributed by atoms with Crippen LogP contribution in [-0.2, 0) is 6.54 Å². The second-order valence-electron chi connectivity index (χ2n) is 6.15. The van der Waals surface area contributed by atoms with Gasteiger partial charge in [-0.3, -0.25) is 4.90 Å². The largest absolute Gasteiger partial charge is 0.488 e. The number of hydrogen-bond acceptors (Lipinski definition) is 2. The molecule has 1 saturated heterocycles. The molecular weight excluding hydrogens is 308 g/mol. The summed E-state index contributed by atoms with van der Waals surface area (Å²) in [4.78, 5) is 2.28. The lowest BCUT2D eigenvalue weighted by Crippen LogP contribution is -2.53. The fourth-order valence-electron chi connectivity index (χ4n) is 3.14. The quantitative estimate of drug-likeness (QED) is 0.706. The molecule has 0 unspecified atom stereocenters. The summed E-state index contributed by atoms with van der Waals surface area (Å²) in [5.41, 5.74) is 1.29. The van der Waals surface area contributed by atoms with Crippen LogP contribution in [0, 0.1) is 11.6 Å². The van der Waals surface area contributed by atoms with Crippen LogP contribution < -0.4 is 4.74 Å². The molecule has 0 amide bonds. The Bertz CT molecular complexity index is 869. The van der Waals surface area contributed by atoms with Gasteiger partial charge in [0.05, 0.1) is 0 Å². The van der Waals surface area contributed by atoms with Crippen molar-refractivity contribution >= 4 is 10.8 Å². The Kier molecular flexibility index (Phi) is 3.90. The van der Waals surface area contributed by atoms with Gasteiger partial charge in [0.2, 0.25) is 0 Å². The van der Waals surface area contributed by atoms with Gasteiger partial charge >= 0.3 is 0 Å². The minimum atomic E-state index is -0.876. The summed E-state index contributed by atoms with van der Waals surface area (Å²) in [6.45, 7) is 2.42. The molecule has 1 aliphatic rings. The van der Waals surface area contributed by atoms with E-state index in [1.54, 1.807) is 0 Å². The first-order valence-electron chi connectivity index (χ1n) is 8.00. The van der Waals surface area contributed by atoms with Crippen molar-refractivity contribution in [2.45, 2.75) is 12.6 Å². The average Bonchev–Trinajstić information content (AvgIpc) is 2.56. The number of fused-ring (bicyclic) bond motifs is 1. The number of halogens is 2. The van der Waals surface area contributed by atoms with Crippen LogP contribution in [0.2, 0.25) is 0 Å². The Morgan fingerprint density at radius 1 is 0.917 bits per heavy atom. The highest BCUT2D eigenvalue weighted by Gasteiger charge is 2.28. The third-order valence-electron chi connectivity index (χ3n) is 4.39. The lowest BCUT2D eigenvalue weighted by Gasteiger charge is -2.39. The second-order valence-corrected chi connectivity index (χ2v) is 6.15. The van der Waals surface area contributed by atoms with Crippen molar-refractivity contribution in [3.05, 3.63) is 77.9 Å². The minimum Gasteiger partial charge on any atom is -0.488 e. The Morgan fingerprint density at radius 2 is 1.71 bits per heavy atom. The highest BCUT2D eigenvalue weighted by atomic mass is 19.2. The molecule has 3 aromatic rings. The molecule has 122 valence electrons. The Hall–Kier alpha value is -2.46. The molecule has 0 N–H and O–H groups in total. The van der Waals surface area contributed by atoms with Crippen molar-refractivity contribution in [3.8, 4) is 5.75 Å². The maximum Gasteiger partial charge on any atom is 0.162 e. The molecule has 1 aliphatic heterocycles. The zero-order valence-electron chi connectivity index (χ0n) is 13.1. The zero-order chi connectivity index (χ0) is 16.5. The summed E-state index contributed by atoms with van der Waals surface area (Å²) in [5, 5.41) is 2.51. The lowest BCUT2D eigenvalue weighted by atomic mass is 10.0. The van der Waals surface area contributed by atoms with Crippen molar-refractivity contribution in [3.63, 3.8) is 0 Å². The molecule has 0 aromatic heterocycles. The maximum atomic E-state index is 13.2. The van der Waals surface area contributed by atoms with Gasteiger partial charge in [0, 0.05) is 25.7 Å². The van der Waals surface area contributed by atoms with E-state index in [0.717, 1.165) is 31.8 Å². The summed E-state index contributed by atoms with van der Waals surface area (Å²) in [7, 11) is 0. The third-order valence-corrected chi connectivity index (χ3v) is 4.39. The van der Waals surface area contributed by atoms with Crippen molar-refractivity contribution in [2.24, 2.45) is 0 Å².